The quantitative estimate of drug-likeness (QED) is 0.626. The molecule has 5 nitrogen and oxygen atoms in total. The third-order valence-electron chi connectivity index (χ3n) is 3.99. The summed E-state index contributed by atoms with van der Waals surface area (Å²) in [6.07, 6.45) is 3.77. The van der Waals surface area contributed by atoms with Crippen molar-refractivity contribution < 1.29 is 13.5 Å². The first-order valence-electron chi connectivity index (χ1n) is 7.98. The average molecular weight is 400 g/mol. The highest BCUT2D eigenvalue weighted by molar-refractivity contribution is 8.27. The van der Waals surface area contributed by atoms with Crippen LogP contribution in [0.2, 0.25) is 0 Å². The zero-order chi connectivity index (χ0) is 18.0. The van der Waals surface area contributed by atoms with Crippen molar-refractivity contribution in [2.75, 3.05) is 28.7 Å². The molecule has 0 radical (unpaired) electrons. The molecule has 0 aliphatic carbocycles. The standard InChI is InChI=1S/C18H22FN3O2S.ClH/c1-14-9-10-16(15(19)13-14)22-18-8-4-3-7-17(18)21(25(22,23)24)12-6-5-11-20-2;/h3-10,13,20,23-24H,11-12H2,1-2H3;1H. The second-order valence-corrected chi connectivity index (χ2v) is 7.60. The van der Waals surface area contributed by atoms with Crippen LogP contribution in [0.3, 0.4) is 0 Å². The van der Waals surface area contributed by atoms with Gasteiger partial charge >= 0.3 is 0 Å². The number of nitrogens with zero attached hydrogens (tertiary/aromatic N) is 2. The summed E-state index contributed by atoms with van der Waals surface area (Å²) in [7, 11) is -1.57. The summed E-state index contributed by atoms with van der Waals surface area (Å²) in [5.74, 6) is -0.484. The first kappa shape index (κ1) is 20.5. The summed E-state index contributed by atoms with van der Waals surface area (Å²) in [5.41, 5.74) is 2.17. The molecule has 1 heterocycles. The summed E-state index contributed by atoms with van der Waals surface area (Å²) in [5, 5.41) is 3.00. The molecule has 0 unspecified atom stereocenters. The van der Waals surface area contributed by atoms with Crippen molar-refractivity contribution in [3.8, 4) is 0 Å². The lowest BCUT2D eigenvalue weighted by Crippen LogP contribution is -2.31. The highest BCUT2D eigenvalue weighted by atomic mass is 35.5. The van der Waals surface area contributed by atoms with Gasteiger partial charge in [0.2, 0.25) is 0 Å². The zero-order valence-corrected chi connectivity index (χ0v) is 16.2. The number of likely N-dealkylation sites (N-methyl/N-ethyl adjacent to an activating group) is 1. The Hall–Kier alpha value is -1.77. The SMILES string of the molecule is CNCC=CCN1c2ccccc2N(c2ccc(C)cc2F)S1(O)O.Cl. The molecule has 26 heavy (non-hydrogen) atoms. The monoisotopic (exact) mass is 399 g/mol. The van der Waals surface area contributed by atoms with Crippen molar-refractivity contribution in [2.45, 2.75) is 6.92 Å². The smallest absolute Gasteiger partial charge is 0.148 e. The fourth-order valence-corrected chi connectivity index (χ4v) is 4.55. The molecule has 3 rings (SSSR count). The highest BCUT2D eigenvalue weighted by Crippen LogP contribution is 2.64. The molecule has 1 aliphatic rings. The number of hydrogen-bond acceptors (Lipinski definition) is 5. The Balaban J connectivity index is 0.00000243. The van der Waals surface area contributed by atoms with E-state index in [1.807, 2.05) is 31.3 Å². The molecule has 0 fully saturated rings. The lowest BCUT2D eigenvalue weighted by atomic mass is 10.2. The van der Waals surface area contributed by atoms with E-state index in [0.717, 1.165) is 5.56 Å². The van der Waals surface area contributed by atoms with Gasteiger partial charge in [0.15, 0.2) is 0 Å². The Morgan fingerprint density at radius 2 is 1.77 bits per heavy atom. The van der Waals surface area contributed by atoms with Crippen LogP contribution in [0.25, 0.3) is 0 Å². The minimum absolute atomic E-state index is 0. The predicted octanol–water partition coefficient (Wildman–Crippen LogP) is 4.87. The maximum absolute atomic E-state index is 14.5. The van der Waals surface area contributed by atoms with Crippen LogP contribution in [-0.4, -0.2) is 29.2 Å². The van der Waals surface area contributed by atoms with Crippen LogP contribution >= 0.6 is 23.4 Å². The van der Waals surface area contributed by atoms with Crippen LogP contribution in [0.5, 0.6) is 0 Å². The van der Waals surface area contributed by atoms with Crippen LogP contribution in [0, 0.1) is 12.7 Å². The van der Waals surface area contributed by atoms with Crippen LogP contribution in [-0.2, 0) is 0 Å². The van der Waals surface area contributed by atoms with Gasteiger partial charge in [-0.2, -0.15) is 0 Å². The van der Waals surface area contributed by atoms with Crippen LogP contribution in [0.15, 0.2) is 54.6 Å². The number of anilines is 3. The van der Waals surface area contributed by atoms with Gasteiger partial charge in [0.1, 0.15) is 11.5 Å². The van der Waals surface area contributed by atoms with E-state index in [1.54, 1.807) is 31.2 Å². The summed E-state index contributed by atoms with van der Waals surface area (Å²) in [6.45, 7) is 2.79. The van der Waals surface area contributed by atoms with Gasteiger partial charge in [-0.1, -0.05) is 30.4 Å². The fourth-order valence-electron chi connectivity index (χ4n) is 2.82. The number of hydrogen-bond donors (Lipinski definition) is 3. The highest BCUT2D eigenvalue weighted by Gasteiger charge is 2.41. The summed E-state index contributed by atoms with van der Waals surface area (Å²) in [6, 6.07) is 11.9. The van der Waals surface area contributed by atoms with Gasteiger partial charge in [-0.3, -0.25) is 9.11 Å². The number of nitrogens with one attached hydrogen (secondary N) is 1. The van der Waals surface area contributed by atoms with Crippen LogP contribution < -0.4 is 13.9 Å². The maximum atomic E-state index is 14.5. The molecule has 0 aromatic heterocycles. The minimum atomic E-state index is -3.41. The first-order chi connectivity index (χ1) is 12.0. The van der Waals surface area contributed by atoms with Crippen LogP contribution in [0.1, 0.15) is 5.56 Å². The third-order valence-corrected chi connectivity index (χ3v) is 5.81. The number of rotatable bonds is 5. The number of halogens is 2. The Labute approximate surface area is 161 Å². The average Bonchev–Trinajstić information content (AvgIpc) is 2.79. The maximum Gasteiger partial charge on any atom is 0.148 e. The van der Waals surface area contributed by atoms with E-state index in [-0.39, 0.29) is 18.1 Å². The molecule has 8 heteroatoms. The van der Waals surface area contributed by atoms with E-state index < -0.39 is 16.8 Å². The molecular formula is C18H23ClFN3O2S. The molecule has 0 atom stereocenters. The Morgan fingerprint density at radius 1 is 1.08 bits per heavy atom. The topological polar surface area (TPSA) is 59.0 Å². The molecular weight excluding hydrogens is 377 g/mol. The van der Waals surface area contributed by atoms with Crippen molar-refractivity contribution in [2.24, 2.45) is 0 Å². The summed E-state index contributed by atoms with van der Waals surface area (Å²) in [4.78, 5) is 0. The van der Waals surface area contributed by atoms with Gasteiger partial charge in [-0.15, -0.1) is 12.4 Å². The Bertz CT molecular complexity index is 804. The van der Waals surface area contributed by atoms with Gasteiger partial charge in [-0.05, 0) is 54.8 Å². The molecule has 2 aromatic carbocycles. The largest absolute Gasteiger partial charge is 0.316 e. The molecule has 0 amide bonds. The number of para-hydroxylation sites is 2. The van der Waals surface area contributed by atoms with E-state index in [2.05, 4.69) is 5.32 Å². The second kappa shape index (κ2) is 8.28. The summed E-state index contributed by atoms with van der Waals surface area (Å²) >= 11 is 0. The van der Waals surface area contributed by atoms with Gasteiger partial charge in [0, 0.05) is 6.54 Å². The molecule has 0 saturated heterocycles. The third kappa shape index (κ3) is 3.67. The number of fused-ring (bicyclic) bond motifs is 1. The van der Waals surface area contributed by atoms with E-state index >= 15 is 0 Å². The molecule has 3 N–H and O–H groups in total. The van der Waals surface area contributed by atoms with Gasteiger partial charge < -0.3 is 5.32 Å². The molecule has 142 valence electrons. The number of aryl methyl sites for hydroxylation is 1. The van der Waals surface area contributed by atoms with Crippen molar-refractivity contribution in [1.82, 2.24) is 5.32 Å². The fraction of sp³-hybridized carbons (Fsp3) is 0.222. The van der Waals surface area contributed by atoms with Crippen molar-refractivity contribution >= 4 is 40.4 Å². The minimum Gasteiger partial charge on any atom is -0.316 e. The first-order valence-corrected chi connectivity index (χ1v) is 9.44. The molecule has 2 aromatic rings. The van der Waals surface area contributed by atoms with Crippen molar-refractivity contribution in [3.63, 3.8) is 0 Å². The van der Waals surface area contributed by atoms with Gasteiger partial charge in [0.25, 0.3) is 0 Å². The van der Waals surface area contributed by atoms with E-state index in [4.69, 9.17) is 0 Å². The Kier molecular flexibility index (Phi) is 6.54. The van der Waals surface area contributed by atoms with E-state index in [1.165, 1.54) is 14.7 Å². The zero-order valence-electron chi connectivity index (χ0n) is 14.6. The van der Waals surface area contributed by atoms with Gasteiger partial charge in [0.05, 0.1) is 17.9 Å². The van der Waals surface area contributed by atoms with Crippen LogP contribution in [0.4, 0.5) is 21.5 Å². The normalized spacial score (nSPS) is 16.5. The summed E-state index contributed by atoms with van der Waals surface area (Å²) < 4.78 is 39.2. The lowest BCUT2D eigenvalue weighted by Gasteiger charge is -2.43. The second-order valence-electron chi connectivity index (χ2n) is 5.82. The number of benzene rings is 2. The van der Waals surface area contributed by atoms with E-state index in [9.17, 15) is 13.5 Å². The van der Waals surface area contributed by atoms with E-state index in [0.29, 0.717) is 24.5 Å². The van der Waals surface area contributed by atoms with Crippen molar-refractivity contribution in [1.29, 1.82) is 0 Å². The van der Waals surface area contributed by atoms with Gasteiger partial charge in [-0.25, -0.2) is 13.0 Å². The molecule has 0 saturated carbocycles. The Morgan fingerprint density at radius 3 is 2.42 bits per heavy atom. The molecule has 1 aliphatic heterocycles. The lowest BCUT2D eigenvalue weighted by molar-refractivity contribution is 0.485. The predicted molar refractivity (Wildman–Crippen MR) is 110 cm³/mol. The molecule has 0 bridgehead atoms. The molecule has 0 spiro atoms. The van der Waals surface area contributed by atoms with Crippen molar-refractivity contribution in [3.05, 3.63) is 66.0 Å².